The lowest BCUT2D eigenvalue weighted by atomic mass is 9.66. The van der Waals surface area contributed by atoms with Crippen LogP contribution in [0.5, 0.6) is 0 Å². The highest BCUT2D eigenvalue weighted by Gasteiger charge is 2.37. The highest BCUT2D eigenvalue weighted by molar-refractivity contribution is 5.77. The van der Waals surface area contributed by atoms with Crippen molar-refractivity contribution in [2.45, 2.75) is 70.3 Å². The molecule has 98 valence electrons. The first-order valence-electron chi connectivity index (χ1n) is 7.24. The van der Waals surface area contributed by atoms with Crippen LogP contribution in [0.1, 0.15) is 64.2 Å². The van der Waals surface area contributed by atoms with E-state index in [9.17, 15) is 4.79 Å². The molecule has 3 nitrogen and oxygen atoms in total. The molecular weight excluding hydrogens is 212 g/mol. The highest BCUT2D eigenvalue weighted by Crippen LogP contribution is 2.42. The van der Waals surface area contributed by atoms with Gasteiger partial charge in [0.15, 0.2) is 0 Å². The van der Waals surface area contributed by atoms with E-state index < -0.39 is 0 Å². The molecule has 0 bridgehead atoms. The van der Waals surface area contributed by atoms with E-state index in [0.717, 1.165) is 12.8 Å². The third-order valence-corrected chi connectivity index (χ3v) is 4.60. The molecule has 0 spiro atoms. The van der Waals surface area contributed by atoms with Gasteiger partial charge in [-0.1, -0.05) is 32.1 Å². The third-order valence-electron chi connectivity index (χ3n) is 4.60. The first kappa shape index (κ1) is 12.9. The van der Waals surface area contributed by atoms with Crippen molar-refractivity contribution in [1.29, 1.82) is 0 Å². The lowest BCUT2D eigenvalue weighted by Crippen LogP contribution is -2.44. The number of amides is 1. The largest absolute Gasteiger partial charge is 0.353 e. The van der Waals surface area contributed by atoms with E-state index >= 15 is 0 Å². The number of carbonyl (C=O) groups is 1. The van der Waals surface area contributed by atoms with Crippen LogP contribution in [0.2, 0.25) is 0 Å². The number of nitrogens with one attached hydrogen (secondary N) is 1. The van der Waals surface area contributed by atoms with Crippen LogP contribution in [0, 0.1) is 5.41 Å². The normalized spacial score (nSPS) is 24.8. The minimum Gasteiger partial charge on any atom is -0.353 e. The Hall–Kier alpha value is -0.570. The predicted molar refractivity (Wildman–Crippen MR) is 69.6 cm³/mol. The van der Waals surface area contributed by atoms with Crippen LogP contribution < -0.4 is 11.1 Å². The van der Waals surface area contributed by atoms with Crippen LogP contribution in [-0.4, -0.2) is 18.5 Å². The summed E-state index contributed by atoms with van der Waals surface area (Å²) in [5.74, 6) is 0.238. The van der Waals surface area contributed by atoms with E-state index in [-0.39, 0.29) is 11.3 Å². The fraction of sp³-hybridized carbons (Fsp3) is 0.929. The molecule has 0 heterocycles. The molecule has 2 saturated carbocycles. The van der Waals surface area contributed by atoms with Crippen LogP contribution in [-0.2, 0) is 4.79 Å². The molecule has 2 aliphatic rings. The molecule has 0 saturated heterocycles. The van der Waals surface area contributed by atoms with E-state index in [1.807, 2.05) is 0 Å². The summed E-state index contributed by atoms with van der Waals surface area (Å²) in [4.78, 5) is 12.0. The summed E-state index contributed by atoms with van der Waals surface area (Å²) < 4.78 is 0. The fourth-order valence-corrected chi connectivity index (χ4v) is 3.17. The van der Waals surface area contributed by atoms with Gasteiger partial charge in [0.2, 0.25) is 5.91 Å². The standard InChI is InChI=1S/C14H26N2O/c15-11-14(8-5-9-14)10-13(17)16-12-6-3-1-2-4-7-12/h12H,1-11,15H2,(H,16,17). The molecule has 17 heavy (non-hydrogen) atoms. The van der Waals surface area contributed by atoms with Crippen molar-refractivity contribution in [3.05, 3.63) is 0 Å². The summed E-state index contributed by atoms with van der Waals surface area (Å²) in [6.07, 6.45) is 11.7. The van der Waals surface area contributed by atoms with Crippen molar-refractivity contribution < 1.29 is 4.79 Å². The smallest absolute Gasteiger partial charge is 0.220 e. The molecule has 3 heteroatoms. The molecule has 0 atom stereocenters. The van der Waals surface area contributed by atoms with Gasteiger partial charge in [-0.05, 0) is 37.6 Å². The maximum Gasteiger partial charge on any atom is 0.220 e. The summed E-state index contributed by atoms with van der Waals surface area (Å²) in [7, 11) is 0. The van der Waals surface area contributed by atoms with Crippen molar-refractivity contribution in [2.24, 2.45) is 11.1 Å². The number of hydrogen-bond donors (Lipinski definition) is 2. The highest BCUT2D eigenvalue weighted by atomic mass is 16.1. The summed E-state index contributed by atoms with van der Waals surface area (Å²) in [5.41, 5.74) is 5.94. The molecule has 1 amide bonds. The lowest BCUT2D eigenvalue weighted by molar-refractivity contribution is -0.125. The van der Waals surface area contributed by atoms with E-state index in [1.54, 1.807) is 0 Å². The Kier molecular flexibility index (Phi) is 4.43. The Labute approximate surface area is 105 Å². The molecular formula is C14H26N2O. The van der Waals surface area contributed by atoms with Crippen LogP contribution in [0.3, 0.4) is 0 Å². The first-order valence-corrected chi connectivity index (χ1v) is 7.24. The molecule has 0 unspecified atom stereocenters. The average Bonchev–Trinajstić information content (AvgIpc) is 2.52. The van der Waals surface area contributed by atoms with Crippen molar-refractivity contribution in [1.82, 2.24) is 5.32 Å². The van der Waals surface area contributed by atoms with Gasteiger partial charge in [-0.3, -0.25) is 4.79 Å². The predicted octanol–water partition coefficient (Wildman–Crippen LogP) is 2.34. The van der Waals surface area contributed by atoms with E-state index in [0.29, 0.717) is 19.0 Å². The molecule has 0 aromatic rings. The Morgan fingerprint density at radius 3 is 2.24 bits per heavy atom. The molecule has 0 aromatic carbocycles. The second kappa shape index (κ2) is 5.85. The zero-order valence-corrected chi connectivity index (χ0v) is 10.8. The molecule has 2 rings (SSSR count). The number of nitrogens with two attached hydrogens (primary N) is 1. The Bertz CT molecular complexity index is 247. The molecule has 0 radical (unpaired) electrons. The monoisotopic (exact) mass is 238 g/mol. The van der Waals surface area contributed by atoms with E-state index in [1.165, 1.54) is 44.9 Å². The number of hydrogen-bond acceptors (Lipinski definition) is 2. The van der Waals surface area contributed by atoms with Crippen molar-refractivity contribution in [3.8, 4) is 0 Å². The molecule has 0 aromatic heterocycles. The average molecular weight is 238 g/mol. The van der Waals surface area contributed by atoms with Gasteiger partial charge in [-0.25, -0.2) is 0 Å². The maximum absolute atomic E-state index is 12.0. The molecule has 2 aliphatic carbocycles. The van der Waals surface area contributed by atoms with Crippen molar-refractivity contribution >= 4 is 5.91 Å². The van der Waals surface area contributed by atoms with E-state index in [2.05, 4.69) is 5.32 Å². The minimum absolute atomic E-state index is 0.148. The summed E-state index contributed by atoms with van der Waals surface area (Å²) in [6, 6.07) is 0.430. The second-order valence-electron chi connectivity index (χ2n) is 5.99. The van der Waals surface area contributed by atoms with Crippen LogP contribution in [0.25, 0.3) is 0 Å². The summed E-state index contributed by atoms with van der Waals surface area (Å²) in [5, 5.41) is 3.22. The minimum atomic E-state index is 0.148. The van der Waals surface area contributed by atoms with Crippen molar-refractivity contribution in [3.63, 3.8) is 0 Å². The first-order chi connectivity index (χ1) is 8.24. The van der Waals surface area contributed by atoms with Crippen LogP contribution in [0.4, 0.5) is 0 Å². The fourth-order valence-electron chi connectivity index (χ4n) is 3.17. The van der Waals surface area contributed by atoms with Gasteiger partial charge in [0.1, 0.15) is 0 Å². The maximum atomic E-state index is 12.0. The Balaban J connectivity index is 1.76. The van der Waals surface area contributed by atoms with Gasteiger partial charge in [-0.15, -0.1) is 0 Å². The van der Waals surface area contributed by atoms with Gasteiger partial charge in [0.25, 0.3) is 0 Å². The Morgan fingerprint density at radius 2 is 1.76 bits per heavy atom. The second-order valence-corrected chi connectivity index (χ2v) is 5.99. The van der Waals surface area contributed by atoms with Gasteiger partial charge in [0, 0.05) is 12.5 Å². The quantitative estimate of drug-likeness (QED) is 0.739. The third kappa shape index (κ3) is 3.44. The lowest BCUT2D eigenvalue weighted by Gasteiger charge is -2.40. The van der Waals surface area contributed by atoms with Crippen LogP contribution >= 0.6 is 0 Å². The van der Waals surface area contributed by atoms with Crippen LogP contribution in [0.15, 0.2) is 0 Å². The molecule has 3 N–H and O–H groups in total. The summed E-state index contributed by atoms with van der Waals surface area (Å²) in [6.45, 7) is 0.672. The zero-order valence-electron chi connectivity index (χ0n) is 10.8. The van der Waals surface area contributed by atoms with Gasteiger partial charge < -0.3 is 11.1 Å². The number of carbonyl (C=O) groups excluding carboxylic acids is 1. The van der Waals surface area contributed by atoms with Crippen molar-refractivity contribution in [2.75, 3.05) is 6.54 Å². The topological polar surface area (TPSA) is 55.1 Å². The molecule has 0 aliphatic heterocycles. The number of rotatable bonds is 4. The van der Waals surface area contributed by atoms with Gasteiger partial charge >= 0.3 is 0 Å². The zero-order chi connectivity index (χ0) is 12.1. The van der Waals surface area contributed by atoms with Gasteiger partial charge in [0.05, 0.1) is 0 Å². The van der Waals surface area contributed by atoms with E-state index in [4.69, 9.17) is 5.73 Å². The Morgan fingerprint density at radius 1 is 1.12 bits per heavy atom. The summed E-state index contributed by atoms with van der Waals surface area (Å²) >= 11 is 0. The SMILES string of the molecule is NCC1(CC(=O)NC2CCCCCC2)CCC1. The molecule has 2 fully saturated rings. The van der Waals surface area contributed by atoms with Gasteiger partial charge in [-0.2, -0.15) is 0 Å².